The number of hydrogen-bond donors (Lipinski definition) is 0. The van der Waals surface area contributed by atoms with Crippen molar-refractivity contribution in [2.45, 2.75) is 13.8 Å². The summed E-state index contributed by atoms with van der Waals surface area (Å²) in [6.45, 7) is 5.64. The molecule has 0 saturated heterocycles. The summed E-state index contributed by atoms with van der Waals surface area (Å²) in [7, 11) is 1.88. The maximum Gasteiger partial charge on any atom is 0.254 e. The molecular formula is C18H22N6O. The minimum Gasteiger partial charge on any atom is -0.350 e. The smallest absolute Gasteiger partial charge is 0.254 e. The summed E-state index contributed by atoms with van der Waals surface area (Å²) in [5, 5.41) is 4.24. The first kappa shape index (κ1) is 16.9. The van der Waals surface area contributed by atoms with Gasteiger partial charge >= 0.3 is 0 Å². The van der Waals surface area contributed by atoms with E-state index >= 15 is 0 Å². The van der Waals surface area contributed by atoms with Crippen LogP contribution in [0, 0.1) is 0 Å². The third-order valence-corrected chi connectivity index (χ3v) is 4.18. The van der Waals surface area contributed by atoms with Gasteiger partial charge < -0.3 is 9.80 Å². The lowest BCUT2D eigenvalue weighted by molar-refractivity contribution is -0.129. The SMILES string of the molecule is CCN(CC)C(=O)CN(C)c1cc(-c2ccccc2)nc2ncnn12. The number of benzene rings is 1. The van der Waals surface area contributed by atoms with E-state index in [1.165, 1.54) is 6.33 Å². The summed E-state index contributed by atoms with van der Waals surface area (Å²) in [5.41, 5.74) is 1.80. The highest BCUT2D eigenvalue weighted by Crippen LogP contribution is 2.23. The predicted octanol–water partition coefficient (Wildman–Crippen LogP) is 2.10. The molecule has 7 heteroatoms. The van der Waals surface area contributed by atoms with Crippen LogP contribution in [0.1, 0.15) is 13.8 Å². The molecule has 0 N–H and O–H groups in total. The van der Waals surface area contributed by atoms with E-state index in [-0.39, 0.29) is 12.5 Å². The molecule has 0 fully saturated rings. The van der Waals surface area contributed by atoms with Crippen LogP contribution < -0.4 is 4.90 Å². The standard InChI is InChI=1S/C18H22N6O/c1-4-23(5-2)17(25)12-22(3)16-11-15(14-9-7-6-8-10-14)21-18-19-13-20-24(16)18/h6-11,13H,4-5,12H2,1-3H3. The molecule has 0 bridgehead atoms. The fourth-order valence-corrected chi connectivity index (χ4v) is 2.79. The van der Waals surface area contributed by atoms with Crippen LogP contribution in [0.3, 0.4) is 0 Å². The molecule has 0 atom stereocenters. The molecule has 0 unspecified atom stereocenters. The van der Waals surface area contributed by atoms with E-state index in [9.17, 15) is 4.79 Å². The first-order chi connectivity index (χ1) is 12.1. The van der Waals surface area contributed by atoms with E-state index in [1.807, 2.05) is 67.1 Å². The quantitative estimate of drug-likeness (QED) is 0.688. The Hall–Kier alpha value is -2.96. The van der Waals surface area contributed by atoms with Crippen molar-refractivity contribution in [3.63, 3.8) is 0 Å². The Morgan fingerprint density at radius 1 is 1.16 bits per heavy atom. The average molecular weight is 338 g/mol. The summed E-state index contributed by atoms with van der Waals surface area (Å²) < 4.78 is 1.65. The summed E-state index contributed by atoms with van der Waals surface area (Å²) in [4.78, 5) is 24.9. The molecule has 2 heterocycles. The molecular weight excluding hydrogens is 316 g/mol. The van der Waals surface area contributed by atoms with Gasteiger partial charge in [0.2, 0.25) is 5.91 Å². The Labute approximate surface area is 146 Å². The first-order valence-corrected chi connectivity index (χ1v) is 8.39. The van der Waals surface area contributed by atoms with Crippen molar-refractivity contribution in [2.75, 3.05) is 31.6 Å². The maximum atomic E-state index is 12.4. The van der Waals surface area contributed by atoms with Crippen molar-refractivity contribution < 1.29 is 4.79 Å². The van der Waals surface area contributed by atoms with Gasteiger partial charge in [-0.05, 0) is 13.8 Å². The molecule has 1 aromatic carbocycles. The monoisotopic (exact) mass is 338 g/mol. The van der Waals surface area contributed by atoms with E-state index in [4.69, 9.17) is 0 Å². The third kappa shape index (κ3) is 3.45. The fourth-order valence-electron chi connectivity index (χ4n) is 2.79. The molecule has 7 nitrogen and oxygen atoms in total. The molecule has 0 saturated carbocycles. The number of anilines is 1. The van der Waals surface area contributed by atoms with Crippen LogP contribution in [-0.2, 0) is 4.79 Å². The van der Waals surface area contributed by atoms with E-state index in [2.05, 4.69) is 15.1 Å². The molecule has 130 valence electrons. The Kier molecular flexibility index (Phi) is 4.92. The number of rotatable bonds is 6. The number of amides is 1. The van der Waals surface area contributed by atoms with Crippen LogP contribution in [0.2, 0.25) is 0 Å². The molecule has 0 aliphatic carbocycles. The van der Waals surface area contributed by atoms with Crippen LogP contribution in [0.5, 0.6) is 0 Å². The molecule has 0 spiro atoms. The highest BCUT2D eigenvalue weighted by atomic mass is 16.2. The molecule has 0 aliphatic heterocycles. The van der Waals surface area contributed by atoms with Crippen molar-refractivity contribution in [1.29, 1.82) is 0 Å². The van der Waals surface area contributed by atoms with E-state index in [0.717, 1.165) is 17.1 Å². The van der Waals surface area contributed by atoms with Gasteiger partial charge in [-0.2, -0.15) is 14.6 Å². The van der Waals surface area contributed by atoms with Crippen molar-refractivity contribution >= 4 is 17.5 Å². The highest BCUT2D eigenvalue weighted by molar-refractivity contribution is 5.81. The summed E-state index contributed by atoms with van der Waals surface area (Å²) in [6.07, 6.45) is 1.47. The molecule has 3 aromatic rings. The zero-order valence-electron chi connectivity index (χ0n) is 14.8. The minimum atomic E-state index is 0.0823. The Morgan fingerprint density at radius 2 is 1.88 bits per heavy atom. The van der Waals surface area contributed by atoms with Crippen LogP contribution in [0.4, 0.5) is 5.82 Å². The van der Waals surface area contributed by atoms with Gasteiger partial charge in [0.05, 0.1) is 12.2 Å². The first-order valence-electron chi connectivity index (χ1n) is 8.39. The van der Waals surface area contributed by atoms with Gasteiger partial charge in [0.15, 0.2) is 0 Å². The normalized spacial score (nSPS) is 10.8. The van der Waals surface area contributed by atoms with Gasteiger partial charge in [-0.25, -0.2) is 4.98 Å². The van der Waals surface area contributed by atoms with Crippen LogP contribution in [-0.4, -0.2) is 57.1 Å². The van der Waals surface area contributed by atoms with Crippen molar-refractivity contribution in [1.82, 2.24) is 24.5 Å². The van der Waals surface area contributed by atoms with E-state index < -0.39 is 0 Å². The van der Waals surface area contributed by atoms with Crippen molar-refractivity contribution in [3.05, 3.63) is 42.7 Å². The Morgan fingerprint density at radius 3 is 2.56 bits per heavy atom. The van der Waals surface area contributed by atoms with E-state index in [0.29, 0.717) is 18.9 Å². The fraction of sp³-hybridized carbons (Fsp3) is 0.333. The Bertz CT molecular complexity index is 856. The second-order valence-corrected chi connectivity index (χ2v) is 5.76. The lowest BCUT2D eigenvalue weighted by Crippen LogP contribution is -2.39. The lowest BCUT2D eigenvalue weighted by atomic mass is 10.1. The number of aromatic nitrogens is 4. The molecule has 2 aromatic heterocycles. The summed E-state index contributed by atoms with van der Waals surface area (Å²) >= 11 is 0. The minimum absolute atomic E-state index is 0.0823. The molecule has 0 radical (unpaired) electrons. The van der Waals surface area contributed by atoms with Gasteiger partial charge in [0.1, 0.15) is 12.1 Å². The maximum absolute atomic E-state index is 12.4. The average Bonchev–Trinajstić information content (AvgIpc) is 3.11. The van der Waals surface area contributed by atoms with Gasteiger partial charge in [-0.1, -0.05) is 30.3 Å². The highest BCUT2D eigenvalue weighted by Gasteiger charge is 2.17. The van der Waals surface area contributed by atoms with Gasteiger partial charge in [-0.15, -0.1) is 0 Å². The lowest BCUT2D eigenvalue weighted by Gasteiger charge is -2.24. The third-order valence-electron chi connectivity index (χ3n) is 4.18. The van der Waals surface area contributed by atoms with Gasteiger partial charge in [0, 0.05) is 31.8 Å². The number of likely N-dealkylation sites (N-methyl/N-ethyl adjacent to an activating group) is 2. The number of carbonyl (C=O) groups excluding carboxylic acids is 1. The number of nitrogens with zero attached hydrogens (tertiary/aromatic N) is 6. The van der Waals surface area contributed by atoms with Gasteiger partial charge in [-0.3, -0.25) is 4.79 Å². The summed E-state index contributed by atoms with van der Waals surface area (Å²) in [5.74, 6) is 1.37. The number of fused-ring (bicyclic) bond motifs is 1. The van der Waals surface area contributed by atoms with E-state index in [1.54, 1.807) is 4.52 Å². The zero-order valence-corrected chi connectivity index (χ0v) is 14.8. The number of hydrogen-bond acceptors (Lipinski definition) is 5. The molecule has 3 rings (SSSR count). The second-order valence-electron chi connectivity index (χ2n) is 5.76. The van der Waals surface area contributed by atoms with Crippen LogP contribution >= 0.6 is 0 Å². The van der Waals surface area contributed by atoms with Crippen molar-refractivity contribution in [2.24, 2.45) is 0 Å². The molecule has 0 aliphatic rings. The topological polar surface area (TPSA) is 66.6 Å². The second kappa shape index (κ2) is 7.29. The predicted molar refractivity (Wildman–Crippen MR) is 97.4 cm³/mol. The number of carbonyl (C=O) groups is 1. The van der Waals surface area contributed by atoms with Crippen LogP contribution in [0.25, 0.3) is 17.0 Å². The molecule has 25 heavy (non-hydrogen) atoms. The largest absolute Gasteiger partial charge is 0.350 e. The zero-order chi connectivity index (χ0) is 17.8. The van der Waals surface area contributed by atoms with Crippen LogP contribution in [0.15, 0.2) is 42.7 Å². The van der Waals surface area contributed by atoms with Crippen molar-refractivity contribution in [3.8, 4) is 11.3 Å². The van der Waals surface area contributed by atoms with Gasteiger partial charge in [0.25, 0.3) is 5.78 Å². The molecule has 1 amide bonds. The summed E-state index contributed by atoms with van der Waals surface area (Å²) in [6, 6.07) is 11.8. The Balaban J connectivity index is 1.97.